The van der Waals surface area contributed by atoms with E-state index in [9.17, 15) is 13.2 Å². The summed E-state index contributed by atoms with van der Waals surface area (Å²) in [6.07, 6.45) is 0. The van der Waals surface area contributed by atoms with Gasteiger partial charge in [-0.25, -0.2) is 8.42 Å². The molecule has 2 N–H and O–H groups in total. The molecule has 2 aromatic carbocycles. The van der Waals surface area contributed by atoms with Crippen molar-refractivity contribution < 1.29 is 22.4 Å². The normalized spacial score (nSPS) is 11.2. The van der Waals surface area contributed by atoms with Gasteiger partial charge in [-0.1, -0.05) is 41.4 Å². The number of benzene rings is 2. The Kier molecular flexibility index (Phi) is 6.25. The van der Waals surface area contributed by atoms with E-state index < -0.39 is 15.9 Å². The molecule has 10 heteroatoms. The zero-order valence-electron chi connectivity index (χ0n) is 14.2. The number of carbonyl (C=O) groups excluding carboxylic acids is 1. The van der Waals surface area contributed by atoms with Gasteiger partial charge in [0.15, 0.2) is 5.76 Å². The number of rotatable bonds is 7. The highest BCUT2D eigenvalue weighted by Gasteiger charge is 2.18. The van der Waals surface area contributed by atoms with Crippen molar-refractivity contribution >= 4 is 39.1 Å². The van der Waals surface area contributed by atoms with Crippen molar-refractivity contribution in [2.24, 2.45) is 0 Å². The fraction of sp³-hybridized carbons (Fsp3) is 0.0556. The fourth-order valence-corrected chi connectivity index (χ4v) is 3.73. The van der Waals surface area contributed by atoms with Crippen molar-refractivity contribution in [2.75, 3.05) is 0 Å². The summed E-state index contributed by atoms with van der Waals surface area (Å²) in [6, 6.07) is 15.9. The minimum atomic E-state index is -4.06. The van der Waals surface area contributed by atoms with Gasteiger partial charge in [-0.15, -0.1) is 4.83 Å². The zero-order valence-corrected chi connectivity index (χ0v) is 16.5. The Bertz CT molecular complexity index is 1060. The fourth-order valence-electron chi connectivity index (χ4n) is 2.17. The van der Waals surface area contributed by atoms with Gasteiger partial charge >= 0.3 is 5.91 Å². The van der Waals surface area contributed by atoms with Gasteiger partial charge in [-0.2, -0.15) is 0 Å². The monoisotopic (exact) mass is 440 g/mol. The molecule has 1 aromatic heterocycles. The highest BCUT2D eigenvalue weighted by molar-refractivity contribution is 7.89. The first-order chi connectivity index (χ1) is 13.3. The lowest BCUT2D eigenvalue weighted by Crippen LogP contribution is -2.41. The second-order valence-electron chi connectivity index (χ2n) is 5.53. The number of hydrogen-bond acceptors (Lipinski definition) is 5. The van der Waals surface area contributed by atoms with E-state index in [1.54, 1.807) is 18.2 Å². The maximum absolute atomic E-state index is 12.2. The second-order valence-corrected chi connectivity index (χ2v) is 8.09. The van der Waals surface area contributed by atoms with E-state index in [4.69, 9.17) is 32.4 Å². The highest BCUT2D eigenvalue weighted by Crippen LogP contribution is 2.22. The Labute approximate surface area is 171 Å². The van der Waals surface area contributed by atoms with Gasteiger partial charge in [0.25, 0.3) is 10.0 Å². The van der Waals surface area contributed by atoms with Crippen molar-refractivity contribution in [1.29, 1.82) is 0 Å². The van der Waals surface area contributed by atoms with Crippen LogP contribution in [0.2, 0.25) is 10.0 Å². The number of furan rings is 1. The smallest absolute Gasteiger partial charge is 0.301 e. The summed E-state index contributed by atoms with van der Waals surface area (Å²) in [5.74, 6) is 0.192. The van der Waals surface area contributed by atoms with E-state index in [-0.39, 0.29) is 27.3 Å². The van der Waals surface area contributed by atoms with Crippen molar-refractivity contribution in [2.45, 2.75) is 11.5 Å². The van der Waals surface area contributed by atoms with E-state index >= 15 is 0 Å². The molecule has 0 fully saturated rings. The van der Waals surface area contributed by atoms with E-state index in [0.29, 0.717) is 11.5 Å². The first kappa shape index (κ1) is 20.2. The van der Waals surface area contributed by atoms with Gasteiger partial charge in [0.1, 0.15) is 18.1 Å². The van der Waals surface area contributed by atoms with Crippen molar-refractivity contribution in [3.05, 3.63) is 82.2 Å². The summed E-state index contributed by atoms with van der Waals surface area (Å²) in [4.78, 5) is 13.9. The van der Waals surface area contributed by atoms with E-state index in [2.05, 4.69) is 5.43 Å². The van der Waals surface area contributed by atoms with Crippen LogP contribution in [-0.2, 0) is 16.6 Å². The highest BCUT2D eigenvalue weighted by atomic mass is 35.5. The summed E-state index contributed by atoms with van der Waals surface area (Å²) < 4.78 is 35.4. The van der Waals surface area contributed by atoms with E-state index in [1.165, 1.54) is 24.3 Å². The number of halogens is 2. The molecule has 0 radical (unpaired) electrons. The number of hydrazine groups is 1. The Morgan fingerprint density at radius 2 is 1.68 bits per heavy atom. The summed E-state index contributed by atoms with van der Waals surface area (Å²) >= 11 is 11.6. The minimum Gasteiger partial charge on any atom is -0.486 e. The predicted molar refractivity (Wildman–Crippen MR) is 104 cm³/mol. The van der Waals surface area contributed by atoms with E-state index in [0.717, 1.165) is 0 Å². The molecule has 0 aliphatic heterocycles. The molecule has 28 heavy (non-hydrogen) atoms. The first-order valence-electron chi connectivity index (χ1n) is 7.88. The molecule has 1 heterocycles. The van der Waals surface area contributed by atoms with Crippen LogP contribution in [0.15, 0.2) is 70.0 Å². The van der Waals surface area contributed by atoms with Gasteiger partial charge in [-0.3, -0.25) is 10.2 Å². The minimum absolute atomic E-state index is 0.0847. The number of amides is 1. The molecule has 0 unspecified atom stereocenters. The number of nitrogens with one attached hydrogen (secondary N) is 2. The van der Waals surface area contributed by atoms with Gasteiger partial charge < -0.3 is 9.15 Å². The number of para-hydroxylation sites is 1. The van der Waals surface area contributed by atoms with Gasteiger partial charge in [0.05, 0.1) is 4.90 Å². The molecule has 0 aliphatic rings. The molecule has 3 aromatic rings. The molecule has 0 aliphatic carbocycles. The largest absolute Gasteiger partial charge is 0.486 e. The Hall–Kier alpha value is -2.52. The summed E-state index contributed by atoms with van der Waals surface area (Å²) in [6.45, 7) is 0.115. The topological polar surface area (TPSA) is 97.6 Å². The van der Waals surface area contributed by atoms with Crippen LogP contribution in [0.3, 0.4) is 0 Å². The number of sulfonamides is 1. The molecule has 7 nitrogen and oxygen atoms in total. The molecule has 1 amide bonds. The van der Waals surface area contributed by atoms with Crippen molar-refractivity contribution in [3.8, 4) is 5.75 Å². The summed E-state index contributed by atoms with van der Waals surface area (Å²) in [5.41, 5.74) is 2.07. The summed E-state index contributed by atoms with van der Waals surface area (Å²) in [7, 11) is -4.06. The maximum atomic E-state index is 12.2. The molecule has 0 spiro atoms. The molecule has 0 bridgehead atoms. The lowest BCUT2D eigenvalue weighted by molar-refractivity contribution is 0.0913. The Balaban J connectivity index is 1.60. The number of ether oxygens (including phenoxy) is 1. The maximum Gasteiger partial charge on any atom is 0.301 e. The molecule has 0 saturated heterocycles. The molecule has 0 saturated carbocycles. The van der Waals surface area contributed by atoms with Gasteiger partial charge in [-0.05, 0) is 42.5 Å². The average molecular weight is 441 g/mol. The third-order valence-electron chi connectivity index (χ3n) is 3.46. The van der Waals surface area contributed by atoms with Crippen LogP contribution in [0.1, 0.15) is 16.3 Å². The number of carbonyl (C=O) groups is 1. The van der Waals surface area contributed by atoms with Crippen molar-refractivity contribution in [1.82, 2.24) is 10.3 Å². The van der Waals surface area contributed by atoms with Crippen LogP contribution in [0.4, 0.5) is 0 Å². The van der Waals surface area contributed by atoms with Crippen LogP contribution < -0.4 is 15.0 Å². The second kappa shape index (κ2) is 8.66. The van der Waals surface area contributed by atoms with Crippen LogP contribution in [0, 0.1) is 0 Å². The number of hydrogen-bond donors (Lipinski definition) is 2. The predicted octanol–water partition coefficient (Wildman–Crippen LogP) is 3.79. The van der Waals surface area contributed by atoms with Crippen LogP contribution in [0.25, 0.3) is 0 Å². The van der Waals surface area contributed by atoms with Crippen LogP contribution in [-0.4, -0.2) is 14.3 Å². The zero-order chi connectivity index (χ0) is 20.1. The Morgan fingerprint density at radius 3 is 2.36 bits per heavy atom. The molecule has 146 valence electrons. The van der Waals surface area contributed by atoms with Crippen LogP contribution >= 0.6 is 23.2 Å². The standard InChI is InChI=1S/C18H14Cl2N2O5S/c19-12-8-13(20)10-16(9-12)28(24,25)22-21-18(23)17-7-6-15(27-17)11-26-14-4-2-1-3-5-14/h1-10,22H,11H2,(H,21,23). The third-order valence-corrected chi connectivity index (χ3v) is 5.12. The van der Waals surface area contributed by atoms with Gasteiger partial charge in [0, 0.05) is 10.0 Å². The third kappa shape index (κ3) is 5.26. The molecular formula is C18H14Cl2N2O5S. The van der Waals surface area contributed by atoms with Crippen molar-refractivity contribution in [3.63, 3.8) is 0 Å². The van der Waals surface area contributed by atoms with E-state index in [1.807, 2.05) is 23.0 Å². The van der Waals surface area contributed by atoms with Gasteiger partial charge in [0.2, 0.25) is 0 Å². The lowest BCUT2D eigenvalue weighted by atomic mass is 10.3. The van der Waals surface area contributed by atoms with Crippen LogP contribution in [0.5, 0.6) is 5.75 Å². The Morgan fingerprint density at radius 1 is 1.00 bits per heavy atom. The molecule has 3 rings (SSSR count). The summed E-state index contributed by atoms with van der Waals surface area (Å²) in [5, 5.41) is 0.293. The quantitative estimate of drug-likeness (QED) is 0.544. The SMILES string of the molecule is O=C(NNS(=O)(=O)c1cc(Cl)cc(Cl)c1)c1ccc(COc2ccccc2)o1. The molecule has 0 atom stereocenters. The lowest BCUT2D eigenvalue weighted by Gasteiger charge is -2.08. The first-order valence-corrected chi connectivity index (χ1v) is 10.1. The average Bonchev–Trinajstić information content (AvgIpc) is 3.14. The molecular weight excluding hydrogens is 427 g/mol.